The lowest BCUT2D eigenvalue weighted by Crippen LogP contribution is -2.38. The molecule has 0 amide bonds. The van der Waals surface area contributed by atoms with Crippen LogP contribution in [0.15, 0.2) is 18.2 Å². The first-order valence-corrected chi connectivity index (χ1v) is 7.80. The highest BCUT2D eigenvalue weighted by atomic mass is 16.1. The van der Waals surface area contributed by atoms with Crippen molar-refractivity contribution in [2.45, 2.75) is 40.5 Å². The zero-order chi connectivity index (χ0) is 14.7. The molecular formula is C18H27NO. The average molecular weight is 273 g/mol. The summed E-state index contributed by atoms with van der Waals surface area (Å²) in [5.74, 6) is 1.88. The number of rotatable bonds is 4. The Morgan fingerprint density at radius 1 is 1.25 bits per heavy atom. The topological polar surface area (TPSA) is 20.3 Å². The Labute approximate surface area is 123 Å². The molecular weight excluding hydrogens is 246 g/mol. The van der Waals surface area contributed by atoms with Gasteiger partial charge in [0.15, 0.2) is 5.78 Å². The number of hydrogen-bond acceptors (Lipinski definition) is 2. The van der Waals surface area contributed by atoms with Crippen LogP contribution in [-0.4, -0.2) is 30.3 Å². The third-order valence-corrected chi connectivity index (χ3v) is 4.62. The van der Waals surface area contributed by atoms with E-state index in [1.807, 2.05) is 19.1 Å². The van der Waals surface area contributed by atoms with Gasteiger partial charge >= 0.3 is 0 Å². The highest BCUT2D eigenvalue weighted by Crippen LogP contribution is 2.24. The van der Waals surface area contributed by atoms with Crippen LogP contribution < -0.4 is 0 Å². The van der Waals surface area contributed by atoms with E-state index in [4.69, 9.17) is 0 Å². The standard InChI is InChI=1S/C18H27NO/c1-13(2)16-7-9-19(10-8-16)12-18(20)17-6-5-14(3)11-15(17)4/h5-6,11,13,16H,7-10,12H2,1-4H3. The lowest BCUT2D eigenvalue weighted by molar-refractivity contribution is 0.0879. The molecule has 2 nitrogen and oxygen atoms in total. The Bertz CT molecular complexity index is 470. The number of aryl methyl sites for hydroxylation is 2. The Morgan fingerprint density at radius 2 is 1.90 bits per heavy atom. The Balaban J connectivity index is 1.92. The number of likely N-dealkylation sites (tertiary alicyclic amines) is 1. The molecule has 0 spiro atoms. The van der Waals surface area contributed by atoms with Crippen molar-refractivity contribution in [3.63, 3.8) is 0 Å². The van der Waals surface area contributed by atoms with Crippen molar-refractivity contribution in [1.29, 1.82) is 0 Å². The van der Waals surface area contributed by atoms with Crippen molar-refractivity contribution in [3.05, 3.63) is 34.9 Å². The minimum absolute atomic E-state index is 0.269. The van der Waals surface area contributed by atoms with Crippen LogP contribution in [0.3, 0.4) is 0 Å². The monoisotopic (exact) mass is 273 g/mol. The molecule has 2 heteroatoms. The minimum atomic E-state index is 0.269. The lowest BCUT2D eigenvalue weighted by atomic mass is 9.86. The van der Waals surface area contributed by atoms with Crippen LogP contribution in [0, 0.1) is 25.7 Å². The summed E-state index contributed by atoms with van der Waals surface area (Å²) in [5.41, 5.74) is 3.21. The molecule has 1 aliphatic rings. The van der Waals surface area contributed by atoms with Crippen LogP contribution in [0.5, 0.6) is 0 Å². The second kappa shape index (κ2) is 6.53. The predicted octanol–water partition coefficient (Wildman–Crippen LogP) is 3.85. The fourth-order valence-corrected chi connectivity index (χ4v) is 3.19. The van der Waals surface area contributed by atoms with Crippen LogP contribution in [0.2, 0.25) is 0 Å². The maximum absolute atomic E-state index is 12.4. The van der Waals surface area contributed by atoms with Gasteiger partial charge in [-0.05, 0) is 57.2 Å². The summed E-state index contributed by atoms with van der Waals surface area (Å²) in [6.07, 6.45) is 2.47. The summed E-state index contributed by atoms with van der Waals surface area (Å²) in [5, 5.41) is 0. The van der Waals surface area contributed by atoms with E-state index in [1.165, 1.54) is 18.4 Å². The van der Waals surface area contributed by atoms with Crippen LogP contribution in [-0.2, 0) is 0 Å². The SMILES string of the molecule is Cc1ccc(C(=O)CN2CCC(C(C)C)CC2)c(C)c1. The van der Waals surface area contributed by atoms with Gasteiger partial charge in [0.1, 0.15) is 0 Å². The molecule has 0 radical (unpaired) electrons. The number of hydrogen-bond donors (Lipinski definition) is 0. The molecule has 0 aliphatic carbocycles. The van der Waals surface area contributed by atoms with Gasteiger partial charge in [-0.1, -0.05) is 37.6 Å². The Hall–Kier alpha value is -1.15. The van der Waals surface area contributed by atoms with E-state index in [0.29, 0.717) is 6.54 Å². The first-order chi connectivity index (χ1) is 9.47. The fraction of sp³-hybridized carbons (Fsp3) is 0.611. The molecule has 0 unspecified atom stereocenters. The molecule has 1 aliphatic heterocycles. The molecule has 110 valence electrons. The second-order valence-corrected chi connectivity index (χ2v) is 6.60. The van der Waals surface area contributed by atoms with Crippen LogP contribution in [0.25, 0.3) is 0 Å². The molecule has 0 atom stereocenters. The Kier molecular flexibility index (Phi) is 4.98. The first kappa shape index (κ1) is 15.2. The average Bonchev–Trinajstić information content (AvgIpc) is 2.39. The van der Waals surface area contributed by atoms with Crippen molar-refractivity contribution in [2.24, 2.45) is 11.8 Å². The molecule has 2 rings (SSSR count). The maximum Gasteiger partial charge on any atom is 0.177 e. The number of Topliss-reactive ketones (excluding diaryl/α,β-unsaturated/α-hetero) is 1. The van der Waals surface area contributed by atoms with Gasteiger partial charge < -0.3 is 0 Å². The van der Waals surface area contributed by atoms with Gasteiger partial charge in [-0.3, -0.25) is 9.69 Å². The van der Waals surface area contributed by atoms with Gasteiger partial charge in [-0.15, -0.1) is 0 Å². The number of carbonyl (C=O) groups is 1. The molecule has 1 saturated heterocycles. The molecule has 1 fully saturated rings. The molecule has 1 aromatic rings. The third-order valence-electron chi connectivity index (χ3n) is 4.62. The summed E-state index contributed by atoms with van der Waals surface area (Å²) in [6.45, 7) is 11.4. The molecule has 0 saturated carbocycles. The predicted molar refractivity (Wildman–Crippen MR) is 84.2 cm³/mol. The van der Waals surface area contributed by atoms with Gasteiger partial charge in [0, 0.05) is 5.56 Å². The quantitative estimate of drug-likeness (QED) is 0.777. The third kappa shape index (κ3) is 3.69. The normalized spacial score (nSPS) is 17.6. The summed E-state index contributed by atoms with van der Waals surface area (Å²) in [6, 6.07) is 6.11. The summed E-state index contributed by atoms with van der Waals surface area (Å²) in [7, 11) is 0. The first-order valence-electron chi connectivity index (χ1n) is 7.80. The van der Waals surface area contributed by atoms with Crippen molar-refractivity contribution >= 4 is 5.78 Å². The zero-order valence-electron chi connectivity index (χ0n) is 13.3. The van der Waals surface area contributed by atoms with E-state index in [2.05, 4.69) is 31.7 Å². The Morgan fingerprint density at radius 3 is 2.45 bits per heavy atom. The van der Waals surface area contributed by atoms with E-state index < -0.39 is 0 Å². The summed E-state index contributed by atoms with van der Waals surface area (Å²) >= 11 is 0. The van der Waals surface area contributed by atoms with Crippen molar-refractivity contribution in [3.8, 4) is 0 Å². The van der Waals surface area contributed by atoms with Gasteiger partial charge in [-0.2, -0.15) is 0 Å². The van der Waals surface area contributed by atoms with E-state index in [0.717, 1.165) is 36.1 Å². The molecule has 1 heterocycles. The largest absolute Gasteiger partial charge is 0.296 e. The van der Waals surface area contributed by atoms with Gasteiger partial charge in [-0.25, -0.2) is 0 Å². The number of piperidine rings is 1. The van der Waals surface area contributed by atoms with E-state index >= 15 is 0 Å². The van der Waals surface area contributed by atoms with E-state index in [1.54, 1.807) is 0 Å². The van der Waals surface area contributed by atoms with E-state index in [-0.39, 0.29) is 5.78 Å². The number of ketones is 1. The van der Waals surface area contributed by atoms with Crippen molar-refractivity contribution in [2.75, 3.05) is 19.6 Å². The summed E-state index contributed by atoms with van der Waals surface area (Å²) < 4.78 is 0. The van der Waals surface area contributed by atoms with Crippen LogP contribution >= 0.6 is 0 Å². The van der Waals surface area contributed by atoms with Gasteiger partial charge in [0.2, 0.25) is 0 Å². The molecule has 0 N–H and O–H groups in total. The van der Waals surface area contributed by atoms with Crippen molar-refractivity contribution in [1.82, 2.24) is 4.90 Å². The van der Waals surface area contributed by atoms with Gasteiger partial charge in [0.05, 0.1) is 6.54 Å². The molecule has 1 aromatic carbocycles. The van der Waals surface area contributed by atoms with E-state index in [9.17, 15) is 4.79 Å². The van der Waals surface area contributed by atoms with Crippen LogP contribution in [0.1, 0.15) is 48.2 Å². The fourth-order valence-electron chi connectivity index (χ4n) is 3.19. The highest BCUT2D eigenvalue weighted by Gasteiger charge is 2.23. The smallest absolute Gasteiger partial charge is 0.177 e. The maximum atomic E-state index is 12.4. The highest BCUT2D eigenvalue weighted by molar-refractivity contribution is 5.98. The van der Waals surface area contributed by atoms with Crippen LogP contribution in [0.4, 0.5) is 0 Å². The zero-order valence-corrected chi connectivity index (χ0v) is 13.3. The molecule has 0 aromatic heterocycles. The second-order valence-electron chi connectivity index (χ2n) is 6.60. The number of carbonyl (C=O) groups excluding carboxylic acids is 1. The molecule has 0 bridgehead atoms. The summed E-state index contributed by atoms with van der Waals surface area (Å²) in [4.78, 5) is 14.7. The van der Waals surface area contributed by atoms with Gasteiger partial charge in [0.25, 0.3) is 0 Å². The number of nitrogens with zero attached hydrogens (tertiary/aromatic N) is 1. The lowest BCUT2D eigenvalue weighted by Gasteiger charge is -2.33. The van der Waals surface area contributed by atoms with Crippen molar-refractivity contribution < 1.29 is 4.79 Å². The molecule has 20 heavy (non-hydrogen) atoms. The minimum Gasteiger partial charge on any atom is -0.296 e. The number of benzene rings is 1.